The van der Waals surface area contributed by atoms with Crippen molar-refractivity contribution >= 4 is 5.91 Å². The molecule has 0 radical (unpaired) electrons. The highest BCUT2D eigenvalue weighted by atomic mass is 16.1. The fraction of sp³-hybridized carbons (Fsp3) is 0.889. The largest absolute Gasteiger partial charge is 0.369 e. The van der Waals surface area contributed by atoms with E-state index in [2.05, 4.69) is 13.8 Å². The van der Waals surface area contributed by atoms with Crippen LogP contribution in [-0.2, 0) is 4.79 Å². The Balaban J connectivity index is 2.49. The lowest BCUT2D eigenvalue weighted by Gasteiger charge is -2.29. The molecular formula is C9H17NO. The van der Waals surface area contributed by atoms with Crippen molar-refractivity contribution in [1.82, 2.24) is 0 Å². The molecule has 1 rings (SSSR count). The Morgan fingerprint density at radius 2 is 1.64 bits per heavy atom. The summed E-state index contributed by atoms with van der Waals surface area (Å²) in [6.07, 6.45) is 3.25. The van der Waals surface area contributed by atoms with E-state index in [9.17, 15) is 4.79 Å². The van der Waals surface area contributed by atoms with Crippen LogP contribution in [0.1, 0.15) is 33.1 Å². The Bertz CT molecular complexity index is 146. The van der Waals surface area contributed by atoms with Crippen molar-refractivity contribution in [2.75, 3.05) is 0 Å². The van der Waals surface area contributed by atoms with Crippen molar-refractivity contribution in [3.63, 3.8) is 0 Å². The first-order valence-electron chi connectivity index (χ1n) is 4.39. The fourth-order valence-electron chi connectivity index (χ4n) is 2.18. The van der Waals surface area contributed by atoms with Gasteiger partial charge in [0.15, 0.2) is 0 Å². The van der Waals surface area contributed by atoms with Crippen LogP contribution in [0.3, 0.4) is 0 Å². The summed E-state index contributed by atoms with van der Waals surface area (Å²) >= 11 is 0. The molecule has 64 valence electrons. The van der Waals surface area contributed by atoms with Gasteiger partial charge < -0.3 is 5.73 Å². The maximum absolute atomic E-state index is 10.9. The molecule has 2 nitrogen and oxygen atoms in total. The molecule has 0 heterocycles. The second kappa shape index (κ2) is 3.24. The lowest BCUT2D eigenvalue weighted by atomic mass is 9.76. The molecule has 3 atom stereocenters. The Hall–Kier alpha value is -0.530. The van der Waals surface area contributed by atoms with Crippen LogP contribution in [0.15, 0.2) is 0 Å². The molecule has 1 aliphatic carbocycles. The molecule has 0 aromatic rings. The second-order valence-electron chi connectivity index (χ2n) is 4.02. The molecule has 0 aromatic heterocycles. The zero-order valence-electron chi connectivity index (χ0n) is 7.34. The van der Waals surface area contributed by atoms with E-state index in [0.717, 1.165) is 12.8 Å². The van der Waals surface area contributed by atoms with Gasteiger partial charge in [0.2, 0.25) is 5.91 Å². The minimum atomic E-state index is -0.108. The maximum Gasteiger partial charge on any atom is 0.220 e. The Morgan fingerprint density at radius 3 is 2.00 bits per heavy atom. The van der Waals surface area contributed by atoms with E-state index < -0.39 is 0 Å². The van der Waals surface area contributed by atoms with E-state index in [-0.39, 0.29) is 11.8 Å². The zero-order chi connectivity index (χ0) is 8.43. The smallest absolute Gasteiger partial charge is 0.220 e. The summed E-state index contributed by atoms with van der Waals surface area (Å²) in [6, 6.07) is 0. The highest BCUT2D eigenvalue weighted by molar-refractivity contribution is 5.76. The van der Waals surface area contributed by atoms with Crippen molar-refractivity contribution in [2.24, 2.45) is 23.5 Å². The van der Waals surface area contributed by atoms with Crippen LogP contribution in [0.5, 0.6) is 0 Å². The molecule has 0 spiro atoms. The van der Waals surface area contributed by atoms with Gasteiger partial charge in [0.25, 0.3) is 0 Å². The third-order valence-electron chi connectivity index (χ3n) is 2.58. The normalized spacial score (nSPS) is 38.5. The lowest BCUT2D eigenvalue weighted by molar-refractivity contribution is -0.123. The van der Waals surface area contributed by atoms with Crippen LogP contribution < -0.4 is 5.73 Å². The average molecular weight is 155 g/mol. The van der Waals surface area contributed by atoms with Gasteiger partial charge in [-0.2, -0.15) is 0 Å². The van der Waals surface area contributed by atoms with Crippen molar-refractivity contribution in [2.45, 2.75) is 33.1 Å². The molecule has 0 saturated heterocycles. The highest BCUT2D eigenvalue weighted by Gasteiger charge is 2.26. The lowest BCUT2D eigenvalue weighted by Crippen LogP contribution is -2.30. The van der Waals surface area contributed by atoms with Crippen LogP contribution in [-0.4, -0.2) is 5.91 Å². The number of primary amides is 1. The van der Waals surface area contributed by atoms with Crippen LogP contribution in [0.2, 0.25) is 0 Å². The molecule has 0 aromatic carbocycles. The van der Waals surface area contributed by atoms with E-state index in [0.29, 0.717) is 11.8 Å². The first-order chi connectivity index (χ1) is 5.09. The van der Waals surface area contributed by atoms with Crippen LogP contribution in [0.25, 0.3) is 0 Å². The first kappa shape index (κ1) is 8.57. The molecule has 2 N–H and O–H groups in total. The predicted molar refractivity (Wildman–Crippen MR) is 44.9 cm³/mol. The molecule has 1 aliphatic rings. The van der Waals surface area contributed by atoms with E-state index >= 15 is 0 Å². The summed E-state index contributed by atoms with van der Waals surface area (Å²) < 4.78 is 0. The summed E-state index contributed by atoms with van der Waals surface area (Å²) in [5.74, 6) is 1.39. The zero-order valence-corrected chi connectivity index (χ0v) is 7.34. The van der Waals surface area contributed by atoms with Gasteiger partial charge in [-0.1, -0.05) is 13.8 Å². The van der Waals surface area contributed by atoms with Crippen LogP contribution >= 0.6 is 0 Å². The van der Waals surface area contributed by atoms with Gasteiger partial charge in [-0.15, -0.1) is 0 Å². The molecule has 1 amide bonds. The number of amides is 1. The third-order valence-corrected chi connectivity index (χ3v) is 2.58. The molecule has 1 saturated carbocycles. The molecule has 0 aliphatic heterocycles. The summed E-state index contributed by atoms with van der Waals surface area (Å²) in [4.78, 5) is 10.9. The van der Waals surface area contributed by atoms with Gasteiger partial charge in [0.1, 0.15) is 0 Å². The fourth-order valence-corrected chi connectivity index (χ4v) is 2.18. The van der Waals surface area contributed by atoms with Gasteiger partial charge in [-0.05, 0) is 31.1 Å². The second-order valence-corrected chi connectivity index (χ2v) is 4.02. The summed E-state index contributed by atoms with van der Waals surface area (Å²) in [5, 5.41) is 0. The Labute approximate surface area is 68.2 Å². The van der Waals surface area contributed by atoms with Gasteiger partial charge >= 0.3 is 0 Å². The molecule has 11 heavy (non-hydrogen) atoms. The van der Waals surface area contributed by atoms with Crippen LogP contribution in [0, 0.1) is 17.8 Å². The van der Waals surface area contributed by atoms with Crippen molar-refractivity contribution in [3.8, 4) is 0 Å². The number of carbonyl (C=O) groups excluding carboxylic acids is 1. The van der Waals surface area contributed by atoms with E-state index in [1.54, 1.807) is 0 Å². The maximum atomic E-state index is 10.9. The monoisotopic (exact) mass is 155 g/mol. The van der Waals surface area contributed by atoms with Crippen molar-refractivity contribution < 1.29 is 4.79 Å². The number of carbonyl (C=O) groups is 1. The number of nitrogens with two attached hydrogens (primary N) is 1. The van der Waals surface area contributed by atoms with Gasteiger partial charge in [-0.3, -0.25) is 4.79 Å². The molecule has 1 fully saturated rings. The standard InChI is InChI=1S/C9H17NO/c1-6-3-7(2)5-8(4-6)9(10)11/h6-8H,3-5H2,1-2H3,(H2,10,11)/t6-,7+,8-. The quantitative estimate of drug-likeness (QED) is 0.613. The Morgan fingerprint density at radius 1 is 1.18 bits per heavy atom. The highest BCUT2D eigenvalue weighted by Crippen LogP contribution is 2.32. The van der Waals surface area contributed by atoms with E-state index in [1.165, 1.54) is 6.42 Å². The van der Waals surface area contributed by atoms with Crippen LogP contribution in [0.4, 0.5) is 0 Å². The number of rotatable bonds is 1. The van der Waals surface area contributed by atoms with Crippen molar-refractivity contribution in [1.29, 1.82) is 0 Å². The van der Waals surface area contributed by atoms with Crippen molar-refractivity contribution in [3.05, 3.63) is 0 Å². The van der Waals surface area contributed by atoms with E-state index in [4.69, 9.17) is 5.73 Å². The number of hydrogen-bond donors (Lipinski definition) is 1. The van der Waals surface area contributed by atoms with Gasteiger partial charge in [-0.25, -0.2) is 0 Å². The Kier molecular flexibility index (Phi) is 2.53. The summed E-state index contributed by atoms with van der Waals surface area (Å²) in [5.41, 5.74) is 5.25. The SMILES string of the molecule is C[C@@H]1C[C@H](C)C[C@H](C(N)=O)C1. The number of hydrogen-bond acceptors (Lipinski definition) is 1. The topological polar surface area (TPSA) is 43.1 Å². The molecule has 0 bridgehead atoms. The summed E-state index contributed by atoms with van der Waals surface area (Å²) in [7, 11) is 0. The van der Waals surface area contributed by atoms with Gasteiger partial charge in [0.05, 0.1) is 0 Å². The molecule has 2 heteroatoms. The first-order valence-corrected chi connectivity index (χ1v) is 4.39. The average Bonchev–Trinajstić information content (AvgIpc) is 1.85. The van der Waals surface area contributed by atoms with Gasteiger partial charge in [0, 0.05) is 5.92 Å². The molecular weight excluding hydrogens is 138 g/mol. The van der Waals surface area contributed by atoms with E-state index in [1.807, 2.05) is 0 Å². The predicted octanol–water partition coefficient (Wildman–Crippen LogP) is 1.54. The third kappa shape index (κ3) is 2.21. The minimum absolute atomic E-state index is 0.108. The molecule has 0 unspecified atom stereocenters. The minimum Gasteiger partial charge on any atom is -0.369 e. The summed E-state index contributed by atoms with van der Waals surface area (Å²) in [6.45, 7) is 4.40.